The number of aromatic amines is 1. The Balaban J connectivity index is 3.68. The molecule has 0 aliphatic rings. The third kappa shape index (κ3) is 1.42. The van der Waals surface area contributed by atoms with E-state index in [1.54, 1.807) is 0 Å². The summed E-state index contributed by atoms with van der Waals surface area (Å²) in [6.07, 6.45) is 2.55. The van der Waals surface area contributed by atoms with Crippen LogP contribution in [0, 0.1) is 3.57 Å². The Labute approximate surface area is 75.7 Å². The maximum absolute atomic E-state index is 11.1. The third-order valence-electron chi connectivity index (χ3n) is 1.15. The van der Waals surface area contributed by atoms with Gasteiger partial charge in [0.1, 0.15) is 0 Å². The van der Waals surface area contributed by atoms with E-state index in [-0.39, 0.29) is 5.56 Å². The zero-order valence-electron chi connectivity index (χ0n) is 5.50. The van der Waals surface area contributed by atoms with Crippen molar-refractivity contribution in [2.45, 2.75) is 0 Å². The highest BCUT2D eigenvalue weighted by atomic mass is 127. The van der Waals surface area contributed by atoms with E-state index in [1.165, 1.54) is 12.4 Å². The lowest BCUT2D eigenvalue weighted by molar-refractivity contribution is 0.910. The first kappa shape index (κ1) is 8.25. The Hall–Kier alpha value is -0.850. The van der Waals surface area contributed by atoms with Gasteiger partial charge in [0.25, 0.3) is 5.56 Å². The van der Waals surface area contributed by atoms with E-state index < -0.39 is 5.69 Å². The van der Waals surface area contributed by atoms with E-state index in [9.17, 15) is 9.59 Å². The van der Waals surface area contributed by atoms with Gasteiger partial charge >= 0.3 is 5.69 Å². The first-order valence-electron chi connectivity index (χ1n) is 2.79. The summed E-state index contributed by atoms with van der Waals surface area (Å²) in [5.41, 5.74) is -0.810. The Morgan fingerprint density at radius 1 is 1.64 bits per heavy atom. The lowest BCUT2D eigenvalue weighted by atomic mass is 10.6. The third-order valence-corrected chi connectivity index (χ3v) is 1.92. The Morgan fingerprint density at radius 2 is 2.27 bits per heavy atom. The quantitative estimate of drug-likeness (QED) is 0.739. The molecule has 1 aromatic heterocycles. The topological polar surface area (TPSA) is 54.9 Å². The zero-order chi connectivity index (χ0) is 8.43. The van der Waals surface area contributed by atoms with Crippen LogP contribution < -0.4 is 11.2 Å². The molecule has 11 heavy (non-hydrogen) atoms. The molecule has 0 saturated heterocycles. The molecule has 1 aromatic rings. The van der Waals surface area contributed by atoms with Crippen molar-refractivity contribution in [1.82, 2.24) is 9.55 Å². The fourth-order valence-electron chi connectivity index (χ4n) is 0.629. The summed E-state index contributed by atoms with van der Waals surface area (Å²) in [7, 11) is 0. The number of hydrogen-bond donors (Lipinski definition) is 1. The fraction of sp³-hybridized carbons (Fsp3) is 0. The van der Waals surface area contributed by atoms with Gasteiger partial charge < -0.3 is 4.98 Å². The second kappa shape index (κ2) is 3.04. The van der Waals surface area contributed by atoms with E-state index in [0.717, 1.165) is 4.57 Å². The molecule has 0 aliphatic carbocycles. The van der Waals surface area contributed by atoms with Gasteiger partial charge in [-0.15, -0.1) is 0 Å². The highest BCUT2D eigenvalue weighted by molar-refractivity contribution is 14.1. The molecule has 0 saturated carbocycles. The van der Waals surface area contributed by atoms with Crippen molar-refractivity contribution < 1.29 is 0 Å². The summed E-state index contributed by atoms with van der Waals surface area (Å²) in [4.78, 5) is 24.3. The van der Waals surface area contributed by atoms with Crippen LogP contribution >= 0.6 is 22.6 Å². The Kier molecular flexibility index (Phi) is 2.28. The predicted molar refractivity (Wildman–Crippen MR) is 50.4 cm³/mol. The number of hydrogen-bond acceptors (Lipinski definition) is 2. The summed E-state index contributed by atoms with van der Waals surface area (Å²) in [5, 5.41) is 0. The number of nitrogens with one attached hydrogen (secondary N) is 1. The minimum atomic E-state index is -0.467. The molecule has 0 radical (unpaired) electrons. The van der Waals surface area contributed by atoms with Crippen LogP contribution in [0.5, 0.6) is 0 Å². The molecular weight excluding hydrogens is 259 g/mol. The number of nitrogens with zero attached hydrogens (tertiary/aromatic N) is 1. The van der Waals surface area contributed by atoms with E-state index in [0.29, 0.717) is 3.57 Å². The van der Waals surface area contributed by atoms with Crippen molar-refractivity contribution >= 4 is 28.8 Å². The Morgan fingerprint density at radius 3 is 2.73 bits per heavy atom. The summed E-state index contributed by atoms with van der Waals surface area (Å²) in [6, 6.07) is 0. The van der Waals surface area contributed by atoms with Crippen LogP contribution in [0.1, 0.15) is 0 Å². The normalized spacial score (nSPS) is 9.55. The molecule has 0 unspecified atom stereocenters. The summed E-state index contributed by atoms with van der Waals surface area (Å²) < 4.78 is 1.38. The predicted octanol–water partition coefficient (Wildman–Crippen LogP) is 0.242. The van der Waals surface area contributed by atoms with Gasteiger partial charge in [-0.3, -0.25) is 4.79 Å². The highest BCUT2D eigenvalue weighted by Gasteiger charge is 1.99. The van der Waals surface area contributed by atoms with Crippen molar-refractivity contribution in [3.63, 3.8) is 0 Å². The lowest BCUT2D eigenvalue weighted by Crippen LogP contribution is -2.32. The minimum Gasteiger partial charge on any atom is -0.313 e. The van der Waals surface area contributed by atoms with Crippen LogP contribution in [0.2, 0.25) is 0 Å². The maximum Gasteiger partial charge on any atom is 0.332 e. The molecule has 5 heteroatoms. The molecule has 0 fully saturated rings. The van der Waals surface area contributed by atoms with Gasteiger partial charge in [0, 0.05) is 12.4 Å². The molecule has 0 aliphatic heterocycles. The van der Waals surface area contributed by atoms with E-state index in [4.69, 9.17) is 0 Å². The molecule has 58 valence electrons. The fourth-order valence-corrected chi connectivity index (χ4v) is 1.05. The molecule has 0 amide bonds. The van der Waals surface area contributed by atoms with Crippen LogP contribution in [-0.4, -0.2) is 9.55 Å². The van der Waals surface area contributed by atoms with Gasteiger partial charge in [0.2, 0.25) is 0 Å². The van der Waals surface area contributed by atoms with Crippen molar-refractivity contribution in [3.8, 4) is 0 Å². The van der Waals surface area contributed by atoms with Gasteiger partial charge in [0.15, 0.2) is 0 Å². The van der Waals surface area contributed by atoms with E-state index in [1.807, 2.05) is 22.6 Å². The van der Waals surface area contributed by atoms with Gasteiger partial charge in [-0.2, -0.15) is 0 Å². The first-order valence-corrected chi connectivity index (χ1v) is 3.87. The van der Waals surface area contributed by atoms with Gasteiger partial charge in [0.05, 0.1) is 3.57 Å². The van der Waals surface area contributed by atoms with Crippen LogP contribution in [0.25, 0.3) is 6.20 Å². The van der Waals surface area contributed by atoms with Gasteiger partial charge in [-0.05, 0) is 22.6 Å². The van der Waals surface area contributed by atoms with Crippen molar-refractivity contribution in [3.05, 3.63) is 37.2 Å². The maximum atomic E-state index is 11.1. The van der Waals surface area contributed by atoms with Gasteiger partial charge in [-0.1, -0.05) is 6.58 Å². The SMILES string of the molecule is C=Cn1c(=O)[nH]cc(I)c1=O. The van der Waals surface area contributed by atoms with Crippen LogP contribution in [0.3, 0.4) is 0 Å². The minimum absolute atomic E-state index is 0.343. The second-order valence-electron chi connectivity index (χ2n) is 1.80. The van der Waals surface area contributed by atoms with Crippen LogP contribution in [-0.2, 0) is 0 Å². The summed E-state index contributed by atoms with van der Waals surface area (Å²) in [6.45, 7) is 3.33. The van der Waals surface area contributed by atoms with Crippen molar-refractivity contribution in [2.24, 2.45) is 0 Å². The second-order valence-corrected chi connectivity index (χ2v) is 2.96. The average Bonchev–Trinajstić information content (AvgIpc) is 1.99. The molecule has 1 rings (SSSR count). The monoisotopic (exact) mass is 264 g/mol. The van der Waals surface area contributed by atoms with Gasteiger partial charge in [-0.25, -0.2) is 9.36 Å². The summed E-state index contributed by atoms with van der Waals surface area (Å²) >= 11 is 1.84. The smallest absolute Gasteiger partial charge is 0.313 e. The molecule has 0 aromatic carbocycles. The molecule has 0 spiro atoms. The lowest BCUT2D eigenvalue weighted by Gasteiger charge is -1.94. The van der Waals surface area contributed by atoms with Crippen LogP contribution in [0.4, 0.5) is 0 Å². The van der Waals surface area contributed by atoms with E-state index in [2.05, 4.69) is 11.6 Å². The molecule has 0 bridgehead atoms. The van der Waals surface area contributed by atoms with E-state index >= 15 is 0 Å². The summed E-state index contributed by atoms with van der Waals surface area (Å²) in [5.74, 6) is 0. The molecule has 0 atom stereocenters. The first-order chi connectivity index (χ1) is 5.16. The largest absolute Gasteiger partial charge is 0.332 e. The number of rotatable bonds is 1. The number of halogens is 1. The zero-order valence-corrected chi connectivity index (χ0v) is 7.66. The highest BCUT2D eigenvalue weighted by Crippen LogP contribution is 1.89. The molecule has 1 N–H and O–H groups in total. The Bertz CT molecular complexity index is 390. The number of aromatic nitrogens is 2. The standard InChI is InChI=1S/C6H5IN2O2/c1-2-9-5(10)4(7)3-8-6(9)11/h2-3H,1H2,(H,8,11). The molecule has 4 nitrogen and oxygen atoms in total. The average molecular weight is 264 g/mol. The number of H-pyrrole nitrogens is 1. The molecular formula is C6H5IN2O2. The van der Waals surface area contributed by atoms with Crippen LogP contribution in [0.15, 0.2) is 22.4 Å². The molecule has 1 heterocycles. The van der Waals surface area contributed by atoms with Crippen molar-refractivity contribution in [1.29, 1.82) is 0 Å². The van der Waals surface area contributed by atoms with Crippen molar-refractivity contribution in [2.75, 3.05) is 0 Å².